The van der Waals surface area contributed by atoms with Gasteiger partial charge in [0.25, 0.3) is 11.5 Å². The highest BCUT2D eigenvalue weighted by Crippen LogP contribution is 2.13. The number of benzene rings is 2. The van der Waals surface area contributed by atoms with Crippen molar-refractivity contribution in [3.8, 4) is 0 Å². The number of halogens is 1. The summed E-state index contributed by atoms with van der Waals surface area (Å²) < 4.78 is 1.46. The van der Waals surface area contributed by atoms with Gasteiger partial charge in [-0.3, -0.25) is 14.4 Å². The van der Waals surface area contributed by atoms with Crippen molar-refractivity contribution in [2.45, 2.75) is 13.5 Å². The predicted octanol–water partition coefficient (Wildman–Crippen LogP) is 4.00. The Kier molecular flexibility index (Phi) is 5.52. The van der Waals surface area contributed by atoms with E-state index in [1.165, 1.54) is 29.8 Å². The highest BCUT2D eigenvalue weighted by atomic mass is 35.5. The zero-order chi connectivity index (χ0) is 19.4. The monoisotopic (exact) mass is 380 g/mol. The predicted molar refractivity (Wildman–Crippen MR) is 106 cm³/mol. The van der Waals surface area contributed by atoms with E-state index in [1.54, 1.807) is 36.4 Å². The van der Waals surface area contributed by atoms with Crippen molar-refractivity contribution in [3.63, 3.8) is 0 Å². The van der Waals surface area contributed by atoms with Gasteiger partial charge in [-0.1, -0.05) is 35.9 Å². The summed E-state index contributed by atoms with van der Waals surface area (Å²) in [7, 11) is 0. The normalized spacial score (nSPS) is 10.4. The van der Waals surface area contributed by atoms with Gasteiger partial charge in [0.2, 0.25) is 0 Å². The molecule has 0 fully saturated rings. The summed E-state index contributed by atoms with van der Waals surface area (Å²) in [6.07, 6.45) is 1.51. The van der Waals surface area contributed by atoms with E-state index in [9.17, 15) is 14.4 Å². The molecule has 0 aliphatic carbocycles. The fraction of sp³-hybridized carbons (Fsp3) is 0.0952. The van der Waals surface area contributed by atoms with Crippen molar-refractivity contribution in [2.24, 2.45) is 0 Å². The fourth-order valence-electron chi connectivity index (χ4n) is 2.59. The van der Waals surface area contributed by atoms with E-state index in [-0.39, 0.29) is 17.2 Å². The number of carbonyl (C=O) groups excluding carboxylic acids is 2. The van der Waals surface area contributed by atoms with Crippen molar-refractivity contribution in [2.75, 3.05) is 5.32 Å². The molecule has 1 aromatic heterocycles. The molecular weight excluding hydrogens is 364 g/mol. The number of rotatable bonds is 5. The van der Waals surface area contributed by atoms with E-state index in [4.69, 9.17) is 11.6 Å². The van der Waals surface area contributed by atoms with Gasteiger partial charge in [0, 0.05) is 28.5 Å². The van der Waals surface area contributed by atoms with Crippen molar-refractivity contribution in [1.29, 1.82) is 0 Å². The minimum atomic E-state index is -0.361. The second-order valence-electron chi connectivity index (χ2n) is 6.10. The van der Waals surface area contributed by atoms with E-state index in [0.29, 0.717) is 28.4 Å². The maximum absolute atomic E-state index is 12.5. The molecule has 0 radical (unpaired) electrons. The molecule has 5 nitrogen and oxygen atoms in total. The second kappa shape index (κ2) is 8.01. The van der Waals surface area contributed by atoms with Crippen LogP contribution < -0.4 is 10.9 Å². The van der Waals surface area contributed by atoms with Crippen molar-refractivity contribution >= 4 is 29.0 Å². The summed E-state index contributed by atoms with van der Waals surface area (Å²) in [5, 5.41) is 3.37. The SMILES string of the molecule is CC(=O)c1cccc(NC(=O)c2ccc(=O)n(Cc3ccc(Cl)cc3)c2)c1. The number of Topliss-reactive ketones (excluding diaryl/α,β-unsaturated/α-hetero) is 1. The lowest BCUT2D eigenvalue weighted by Crippen LogP contribution is -2.22. The standard InChI is InChI=1S/C21H17ClN2O3/c1-14(25)16-3-2-4-19(11-16)23-21(27)17-7-10-20(26)24(13-17)12-15-5-8-18(22)9-6-15/h2-11,13H,12H2,1H3,(H,23,27). The van der Waals surface area contributed by atoms with Gasteiger partial charge in [0.05, 0.1) is 12.1 Å². The second-order valence-corrected chi connectivity index (χ2v) is 6.54. The summed E-state index contributed by atoms with van der Waals surface area (Å²) >= 11 is 5.88. The van der Waals surface area contributed by atoms with Crippen LogP contribution in [0.2, 0.25) is 5.02 Å². The van der Waals surface area contributed by atoms with Gasteiger partial charge in [0.1, 0.15) is 0 Å². The van der Waals surface area contributed by atoms with Crippen LogP contribution in [-0.2, 0) is 6.54 Å². The zero-order valence-corrected chi connectivity index (χ0v) is 15.4. The molecule has 1 heterocycles. The first-order valence-corrected chi connectivity index (χ1v) is 8.67. The summed E-state index contributed by atoms with van der Waals surface area (Å²) in [6.45, 7) is 1.80. The van der Waals surface area contributed by atoms with E-state index >= 15 is 0 Å². The number of amides is 1. The first-order chi connectivity index (χ1) is 12.9. The van der Waals surface area contributed by atoms with Crippen LogP contribution in [0, 0.1) is 0 Å². The van der Waals surface area contributed by atoms with E-state index in [0.717, 1.165) is 5.56 Å². The van der Waals surface area contributed by atoms with Crippen LogP contribution in [0.5, 0.6) is 0 Å². The Balaban J connectivity index is 1.81. The van der Waals surface area contributed by atoms with Crippen LogP contribution in [0.15, 0.2) is 71.7 Å². The lowest BCUT2D eigenvalue weighted by atomic mass is 10.1. The van der Waals surface area contributed by atoms with Gasteiger partial charge in [0.15, 0.2) is 5.78 Å². The smallest absolute Gasteiger partial charge is 0.257 e. The Morgan fingerprint density at radius 3 is 2.44 bits per heavy atom. The Bertz CT molecular complexity index is 1060. The number of hydrogen-bond donors (Lipinski definition) is 1. The molecule has 0 aliphatic rings. The number of ketones is 1. The molecule has 1 N–H and O–H groups in total. The number of hydrogen-bond acceptors (Lipinski definition) is 3. The molecule has 0 atom stereocenters. The molecule has 2 aromatic carbocycles. The summed E-state index contributed by atoms with van der Waals surface area (Å²) in [6, 6.07) is 16.7. The van der Waals surface area contributed by atoms with Gasteiger partial charge >= 0.3 is 0 Å². The van der Waals surface area contributed by atoms with Crippen LogP contribution in [-0.4, -0.2) is 16.3 Å². The third-order valence-electron chi connectivity index (χ3n) is 4.04. The fourth-order valence-corrected chi connectivity index (χ4v) is 2.72. The van der Waals surface area contributed by atoms with Crippen LogP contribution in [0.3, 0.4) is 0 Å². The Labute approximate surface area is 161 Å². The summed E-state index contributed by atoms with van der Waals surface area (Å²) in [5.41, 5.74) is 2.06. The Morgan fingerprint density at radius 2 is 1.74 bits per heavy atom. The van der Waals surface area contributed by atoms with Gasteiger partial charge in [-0.2, -0.15) is 0 Å². The Morgan fingerprint density at radius 1 is 1.00 bits per heavy atom. The summed E-state index contributed by atoms with van der Waals surface area (Å²) in [5.74, 6) is -0.442. The molecule has 0 unspecified atom stereocenters. The number of pyridine rings is 1. The molecule has 0 saturated heterocycles. The lowest BCUT2D eigenvalue weighted by Gasteiger charge is -2.10. The van der Waals surface area contributed by atoms with Crippen LogP contribution in [0.1, 0.15) is 33.2 Å². The molecule has 1 amide bonds. The topological polar surface area (TPSA) is 68.2 Å². The maximum Gasteiger partial charge on any atom is 0.257 e. The van der Waals surface area contributed by atoms with Crippen molar-refractivity contribution < 1.29 is 9.59 Å². The third kappa shape index (κ3) is 4.71. The van der Waals surface area contributed by atoms with Crippen molar-refractivity contribution in [3.05, 3.63) is 98.9 Å². The minimum Gasteiger partial charge on any atom is -0.322 e. The van der Waals surface area contributed by atoms with E-state index < -0.39 is 0 Å². The average molecular weight is 381 g/mol. The largest absolute Gasteiger partial charge is 0.322 e. The quantitative estimate of drug-likeness (QED) is 0.680. The molecule has 3 aromatic rings. The van der Waals surface area contributed by atoms with Crippen molar-refractivity contribution in [1.82, 2.24) is 4.57 Å². The van der Waals surface area contributed by atoms with Crippen LogP contribution in [0.4, 0.5) is 5.69 Å². The lowest BCUT2D eigenvalue weighted by molar-refractivity contribution is 0.101. The number of nitrogens with zero attached hydrogens (tertiary/aromatic N) is 1. The minimum absolute atomic E-state index is 0.0809. The summed E-state index contributed by atoms with van der Waals surface area (Å²) in [4.78, 5) is 36.1. The highest BCUT2D eigenvalue weighted by molar-refractivity contribution is 6.30. The first-order valence-electron chi connectivity index (χ1n) is 8.30. The van der Waals surface area contributed by atoms with E-state index in [1.807, 2.05) is 12.1 Å². The van der Waals surface area contributed by atoms with Gasteiger partial charge < -0.3 is 9.88 Å². The molecule has 27 heavy (non-hydrogen) atoms. The molecule has 3 rings (SSSR count). The van der Waals surface area contributed by atoms with Crippen LogP contribution in [0.25, 0.3) is 0 Å². The highest BCUT2D eigenvalue weighted by Gasteiger charge is 2.10. The van der Waals surface area contributed by atoms with Gasteiger partial charge in [-0.05, 0) is 42.8 Å². The van der Waals surface area contributed by atoms with Gasteiger partial charge in [-0.25, -0.2) is 0 Å². The number of carbonyl (C=O) groups is 2. The average Bonchev–Trinajstić information content (AvgIpc) is 2.65. The number of aromatic nitrogens is 1. The number of anilines is 1. The first kappa shape index (κ1) is 18.6. The molecular formula is C21H17ClN2O3. The molecule has 0 spiro atoms. The van der Waals surface area contributed by atoms with E-state index in [2.05, 4.69) is 5.32 Å². The van der Waals surface area contributed by atoms with Crippen LogP contribution >= 0.6 is 11.6 Å². The maximum atomic E-state index is 12.5. The molecule has 0 aliphatic heterocycles. The Hall–Kier alpha value is -3.18. The molecule has 0 saturated carbocycles. The van der Waals surface area contributed by atoms with Gasteiger partial charge in [-0.15, -0.1) is 0 Å². The molecule has 6 heteroatoms. The number of nitrogens with one attached hydrogen (secondary N) is 1. The molecule has 136 valence electrons. The molecule has 0 bridgehead atoms. The zero-order valence-electron chi connectivity index (χ0n) is 14.6. The third-order valence-corrected chi connectivity index (χ3v) is 4.29.